The van der Waals surface area contributed by atoms with Gasteiger partial charge in [0.1, 0.15) is 17.5 Å². The molecule has 32 heavy (non-hydrogen) atoms. The molecule has 0 radical (unpaired) electrons. The molecule has 1 aliphatic rings. The maximum atomic E-state index is 13.1. The Kier molecular flexibility index (Phi) is 5.37. The number of carbonyl (C=O) groups is 2. The number of urea groups is 1. The summed E-state index contributed by atoms with van der Waals surface area (Å²) in [7, 11) is 1.55. The third-order valence-electron chi connectivity index (χ3n) is 5.19. The van der Waals surface area contributed by atoms with Gasteiger partial charge in [0.25, 0.3) is 5.91 Å². The SMILES string of the molecule is COc1ccc2c(CN3C(=O)N(c4ccc(OC(F)(F)F)cc4)C(=O)C3C)ccnc2c1. The van der Waals surface area contributed by atoms with E-state index in [9.17, 15) is 22.8 Å². The van der Waals surface area contributed by atoms with Gasteiger partial charge in [-0.2, -0.15) is 0 Å². The van der Waals surface area contributed by atoms with Gasteiger partial charge in [0.2, 0.25) is 0 Å². The maximum absolute atomic E-state index is 13.1. The Balaban J connectivity index is 1.59. The third-order valence-corrected chi connectivity index (χ3v) is 5.19. The number of benzene rings is 2. The average Bonchev–Trinajstić information content (AvgIpc) is 2.96. The molecule has 1 fully saturated rings. The molecule has 1 unspecified atom stereocenters. The molecule has 10 heteroatoms. The predicted octanol–water partition coefficient (Wildman–Crippen LogP) is 4.50. The number of carbonyl (C=O) groups excluding carboxylic acids is 2. The molecule has 7 nitrogen and oxygen atoms in total. The summed E-state index contributed by atoms with van der Waals surface area (Å²) in [4.78, 5) is 32.5. The van der Waals surface area contributed by atoms with E-state index in [0.717, 1.165) is 28.0 Å². The Morgan fingerprint density at radius 2 is 1.72 bits per heavy atom. The van der Waals surface area contributed by atoms with E-state index in [1.165, 1.54) is 17.0 Å². The minimum atomic E-state index is -4.83. The first kappa shape index (κ1) is 21.4. The number of fused-ring (bicyclic) bond motifs is 1. The number of nitrogens with zero attached hydrogens (tertiary/aromatic N) is 3. The van der Waals surface area contributed by atoms with Crippen LogP contribution in [-0.2, 0) is 11.3 Å². The van der Waals surface area contributed by atoms with Gasteiger partial charge >= 0.3 is 12.4 Å². The van der Waals surface area contributed by atoms with Crippen LogP contribution in [0.15, 0.2) is 54.7 Å². The van der Waals surface area contributed by atoms with Gasteiger partial charge in [-0.3, -0.25) is 9.78 Å². The molecule has 1 aliphatic heterocycles. The van der Waals surface area contributed by atoms with Crippen molar-refractivity contribution in [3.05, 3.63) is 60.3 Å². The van der Waals surface area contributed by atoms with E-state index in [4.69, 9.17) is 4.74 Å². The largest absolute Gasteiger partial charge is 0.573 e. The fraction of sp³-hybridized carbons (Fsp3) is 0.227. The normalized spacial score (nSPS) is 16.7. The molecule has 0 aliphatic carbocycles. The van der Waals surface area contributed by atoms with Gasteiger partial charge < -0.3 is 14.4 Å². The second-order valence-electron chi connectivity index (χ2n) is 7.15. The first-order valence-corrected chi connectivity index (χ1v) is 9.60. The molecule has 1 aromatic heterocycles. The maximum Gasteiger partial charge on any atom is 0.573 e. The Hall–Kier alpha value is -3.82. The van der Waals surface area contributed by atoms with Crippen LogP contribution in [0.25, 0.3) is 10.9 Å². The lowest BCUT2D eigenvalue weighted by atomic mass is 10.1. The number of alkyl halides is 3. The van der Waals surface area contributed by atoms with Crippen LogP contribution < -0.4 is 14.4 Å². The van der Waals surface area contributed by atoms with Gasteiger partial charge in [0, 0.05) is 24.2 Å². The lowest BCUT2D eigenvalue weighted by molar-refractivity contribution is -0.274. The highest BCUT2D eigenvalue weighted by molar-refractivity contribution is 6.21. The Labute approximate surface area is 181 Å². The first-order valence-electron chi connectivity index (χ1n) is 9.60. The van der Waals surface area contributed by atoms with Crippen molar-refractivity contribution in [2.75, 3.05) is 12.0 Å². The van der Waals surface area contributed by atoms with Gasteiger partial charge in [-0.25, -0.2) is 9.69 Å². The number of anilines is 1. The fourth-order valence-corrected chi connectivity index (χ4v) is 3.58. The molecular weight excluding hydrogens is 427 g/mol. The second kappa shape index (κ2) is 8.03. The van der Waals surface area contributed by atoms with E-state index in [2.05, 4.69) is 9.72 Å². The molecule has 0 spiro atoms. The van der Waals surface area contributed by atoms with Gasteiger partial charge in [-0.1, -0.05) is 0 Å². The van der Waals surface area contributed by atoms with Crippen molar-refractivity contribution < 1.29 is 32.2 Å². The van der Waals surface area contributed by atoms with Crippen molar-refractivity contribution in [1.82, 2.24) is 9.88 Å². The Morgan fingerprint density at radius 3 is 2.38 bits per heavy atom. The topological polar surface area (TPSA) is 72.0 Å². The molecule has 3 amide bonds. The summed E-state index contributed by atoms with van der Waals surface area (Å²) < 4.78 is 46.2. The second-order valence-corrected chi connectivity index (χ2v) is 7.15. The number of rotatable bonds is 5. The van der Waals surface area contributed by atoms with Crippen LogP contribution >= 0.6 is 0 Å². The summed E-state index contributed by atoms with van der Waals surface area (Å²) >= 11 is 0. The molecule has 166 valence electrons. The van der Waals surface area contributed by atoms with E-state index in [1.807, 2.05) is 6.07 Å². The zero-order chi connectivity index (χ0) is 23.0. The van der Waals surface area contributed by atoms with E-state index in [-0.39, 0.29) is 12.2 Å². The van der Waals surface area contributed by atoms with Crippen molar-refractivity contribution in [3.63, 3.8) is 0 Å². The predicted molar refractivity (Wildman–Crippen MR) is 109 cm³/mol. The van der Waals surface area contributed by atoms with E-state index in [1.54, 1.807) is 38.4 Å². The number of aromatic nitrogens is 1. The minimum Gasteiger partial charge on any atom is -0.497 e. The zero-order valence-corrected chi connectivity index (χ0v) is 17.1. The lowest BCUT2D eigenvalue weighted by Crippen LogP contribution is -2.33. The van der Waals surface area contributed by atoms with Gasteiger partial charge in [0.05, 0.1) is 18.3 Å². The molecule has 2 heterocycles. The first-order chi connectivity index (χ1) is 15.2. The summed E-state index contributed by atoms with van der Waals surface area (Å²) in [5, 5.41) is 0.813. The number of amides is 3. The number of methoxy groups -OCH3 is 1. The number of hydrogen-bond acceptors (Lipinski definition) is 5. The summed E-state index contributed by atoms with van der Waals surface area (Å²) in [5.74, 6) is -0.268. The van der Waals surface area contributed by atoms with Crippen molar-refractivity contribution in [1.29, 1.82) is 0 Å². The third kappa shape index (κ3) is 4.03. The Morgan fingerprint density at radius 1 is 1.03 bits per heavy atom. The van der Waals surface area contributed by atoms with Crippen LogP contribution in [0, 0.1) is 0 Å². The Bertz CT molecular complexity index is 1180. The molecule has 3 aromatic rings. The number of ether oxygens (including phenoxy) is 2. The molecular formula is C22H18F3N3O4. The van der Waals surface area contributed by atoms with Crippen LogP contribution in [0.1, 0.15) is 12.5 Å². The number of hydrogen-bond donors (Lipinski definition) is 0. The van der Waals surface area contributed by atoms with Crippen molar-refractivity contribution in [2.45, 2.75) is 25.9 Å². The summed E-state index contributed by atoms with van der Waals surface area (Å²) in [6.45, 7) is 1.76. The highest BCUT2D eigenvalue weighted by Gasteiger charge is 2.43. The summed E-state index contributed by atoms with van der Waals surface area (Å²) in [6, 6.07) is 10.4. The van der Waals surface area contributed by atoms with Crippen molar-refractivity contribution in [3.8, 4) is 11.5 Å². The molecule has 0 N–H and O–H groups in total. The molecule has 2 aromatic carbocycles. The lowest BCUT2D eigenvalue weighted by Gasteiger charge is -2.20. The van der Waals surface area contributed by atoms with Crippen molar-refractivity contribution >= 4 is 28.5 Å². The van der Waals surface area contributed by atoms with Gasteiger partial charge in [-0.15, -0.1) is 13.2 Å². The zero-order valence-electron chi connectivity index (χ0n) is 17.1. The smallest absolute Gasteiger partial charge is 0.497 e. The van der Waals surface area contributed by atoms with Crippen LogP contribution in [0.3, 0.4) is 0 Å². The summed E-state index contributed by atoms with van der Waals surface area (Å²) in [6.07, 6.45) is -3.22. The standard InChI is InChI=1S/C22H18F3N3O4/c1-13-20(29)28(15-3-5-16(6-4-15)32-22(23,24)25)21(30)27(13)12-14-9-10-26-19-11-17(31-2)7-8-18(14)19/h3-11,13H,12H2,1-2H3. The van der Waals surface area contributed by atoms with Gasteiger partial charge in [-0.05, 0) is 55.0 Å². The average molecular weight is 445 g/mol. The highest BCUT2D eigenvalue weighted by atomic mass is 19.4. The van der Waals surface area contributed by atoms with Crippen LogP contribution in [0.4, 0.5) is 23.7 Å². The summed E-state index contributed by atoms with van der Waals surface area (Å²) in [5.41, 5.74) is 1.64. The highest BCUT2D eigenvalue weighted by Crippen LogP contribution is 2.31. The fourth-order valence-electron chi connectivity index (χ4n) is 3.58. The van der Waals surface area contributed by atoms with E-state index >= 15 is 0 Å². The quantitative estimate of drug-likeness (QED) is 0.541. The minimum absolute atomic E-state index is 0.156. The molecule has 4 rings (SSSR count). The van der Waals surface area contributed by atoms with Crippen molar-refractivity contribution in [2.24, 2.45) is 0 Å². The molecule has 0 saturated carbocycles. The molecule has 0 bridgehead atoms. The van der Waals surface area contributed by atoms with E-state index in [0.29, 0.717) is 11.3 Å². The number of halogens is 3. The number of imide groups is 1. The monoisotopic (exact) mass is 445 g/mol. The van der Waals surface area contributed by atoms with Crippen LogP contribution in [0.2, 0.25) is 0 Å². The molecule has 1 saturated heterocycles. The van der Waals surface area contributed by atoms with Crippen LogP contribution in [-0.4, -0.2) is 41.3 Å². The number of pyridine rings is 1. The van der Waals surface area contributed by atoms with E-state index < -0.39 is 30.1 Å². The van der Waals surface area contributed by atoms with Gasteiger partial charge in [0.15, 0.2) is 0 Å². The van der Waals surface area contributed by atoms with Crippen LogP contribution in [0.5, 0.6) is 11.5 Å². The molecule has 1 atom stereocenters.